The summed E-state index contributed by atoms with van der Waals surface area (Å²) in [4.78, 5) is 10.8. The highest BCUT2D eigenvalue weighted by atomic mass is 16.5. The number of benzene rings is 1. The quantitative estimate of drug-likeness (QED) is 0.575. The van der Waals surface area contributed by atoms with E-state index >= 15 is 0 Å². The lowest BCUT2D eigenvalue weighted by molar-refractivity contribution is -0.133. The van der Waals surface area contributed by atoms with Gasteiger partial charge in [-0.2, -0.15) is 0 Å². The number of ether oxygens (including phenoxy) is 2. The average molecular weight is 218 g/mol. The summed E-state index contributed by atoms with van der Waals surface area (Å²) >= 11 is 0. The summed E-state index contributed by atoms with van der Waals surface area (Å²) in [6.45, 7) is 2.75. The second-order valence-corrected chi connectivity index (χ2v) is 3.11. The van der Waals surface area contributed by atoms with Crippen molar-refractivity contribution in [2.75, 3.05) is 13.7 Å². The number of carbonyl (C=O) groups excluding carboxylic acids is 1. The minimum absolute atomic E-state index is 0.536. The first-order valence-corrected chi connectivity index (χ1v) is 5.09. The van der Waals surface area contributed by atoms with Gasteiger partial charge in [0.1, 0.15) is 5.75 Å². The summed E-state index contributed by atoms with van der Waals surface area (Å²) < 4.78 is 9.83. The predicted octanol–water partition coefficient (Wildman–Crippen LogP) is 2.00. The van der Waals surface area contributed by atoms with Crippen molar-refractivity contribution in [1.29, 1.82) is 0 Å². The van der Waals surface area contributed by atoms with E-state index in [1.807, 2.05) is 12.1 Å². The molecule has 1 aromatic carbocycles. The number of methoxy groups -OCH3 is 1. The third-order valence-electron chi connectivity index (χ3n) is 1.82. The van der Waals surface area contributed by atoms with Crippen molar-refractivity contribution in [1.82, 2.24) is 0 Å². The van der Waals surface area contributed by atoms with Crippen LogP contribution in [0.15, 0.2) is 24.3 Å². The SMILES string of the molecule is CCCOc1ccc(C#CC(=O)OC)cc1. The standard InChI is InChI=1S/C13H14O3/c1-3-10-16-12-7-4-11(5-8-12)6-9-13(14)15-2/h4-5,7-8H,3,10H2,1-2H3. The van der Waals surface area contributed by atoms with Gasteiger partial charge in [-0.1, -0.05) is 12.8 Å². The Kier molecular flexibility index (Phi) is 4.94. The van der Waals surface area contributed by atoms with Crippen LogP contribution in [-0.4, -0.2) is 19.7 Å². The molecule has 0 bridgehead atoms. The van der Waals surface area contributed by atoms with Crippen LogP contribution in [0.5, 0.6) is 5.75 Å². The van der Waals surface area contributed by atoms with Crippen LogP contribution in [0.3, 0.4) is 0 Å². The number of esters is 1. The van der Waals surface area contributed by atoms with Gasteiger partial charge in [-0.25, -0.2) is 4.79 Å². The lowest BCUT2D eigenvalue weighted by atomic mass is 10.2. The predicted molar refractivity (Wildman–Crippen MR) is 61.1 cm³/mol. The van der Waals surface area contributed by atoms with E-state index in [4.69, 9.17) is 4.74 Å². The molecular weight excluding hydrogens is 204 g/mol. The van der Waals surface area contributed by atoms with Crippen LogP contribution >= 0.6 is 0 Å². The monoisotopic (exact) mass is 218 g/mol. The van der Waals surface area contributed by atoms with Crippen LogP contribution in [0.4, 0.5) is 0 Å². The largest absolute Gasteiger partial charge is 0.494 e. The van der Waals surface area contributed by atoms with E-state index in [2.05, 4.69) is 23.5 Å². The summed E-state index contributed by atoms with van der Waals surface area (Å²) in [7, 11) is 1.30. The van der Waals surface area contributed by atoms with Gasteiger partial charge < -0.3 is 9.47 Å². The number of rotatable bonds is 3. The summed E-state index contributed by atoms with van der Waals surface area (Å²) in [6, 6.07) is 7.27. The second kappa shape index (κ2) is 6.52. The van der Waals surface area contributed by atoms with Crippen molar-refractivity contribution >= 4 is 5.97 Å². The Balaban J connectivity index is 2.63. The maximum absolute atomic E-state index is 10.8. The van der Waals surface area contributed by atoms with Gasteiger partial charge in [0.15, 0.2) is 0 Å². The minimum atomic E-state index is -0.536. The molecule has 0 heterocycles. The zero-order valence-corrected chi connectivity index (χ0v) is 9.45. The molecule has 0 aliphatic rings. The Bertz CT molecular complexity index is 395. The van der Waals surface area contributed by atoms with E-state index in [1.54, 1.807) is 12.1 Å². The Labute approximate surface area is 95.4 Å². The fraction of sp³-hybridized carbons (Fsp3) is 0.308. The molecule has 84 valence electrons. The molecule has 3 heteroatoms. The lowest BCUT2D eigenvalue weighted by Crippen LogP contribution is -1.95. The number of carbonyl (C=O) groups is 1. The molecule has 0 saturated heterocycles. The van der Waals surface area contributed by atoms with Gasteiger partial charge in [0.25, 0.3) is 0 Å². The normalized spacial score (nSPS) is 8.88. The van der Waals surface area contributed by atoms with E-state index in [0.29, 0.717) is 6.61 Å². The maximum atomic E-state index is 10.8. The molecule has 0 spiro atoms. The molecule has 0 aliphatic carbocycles. The topological polar surface area (TPSA) is 35.5 Å². The molecule has 3 nitrogen and oxygen atoms in total. The highest BCUT2D eigenvalue weighted by Crippen LogP contribution is 2.11. The minimum Gasteiger partial charge on any atom is -0.494 e. The Morgan fingerprint density at radius 1 is 1.31 bits per heavy atom. The van der Waals surface area contributed by atoms with Crippen molar-refractivity contribution in [3.8, 4) is 17.6 Å². The van der Waals surface area contributed by atoms with Gasteiger partial charge in [0, 0.05) is 11.5 Å². The molecule has 0 radical (unpaired) electrons. The third kappa shape index (κ3) is 4.05. The smallest absolute Gasteiger partial charge is 0.384 e. The Morgan fingerprint density at radius 2 is 2.00 bits per heavy atom. The molecule has 0 saturated carbocycles. The van der Waals surface area contributed by atoms with E-state index in [0.717, 1.165) is 17.7 Å². The molecular formula is C13H14O3. The molecule has 0 aromatic heterocycles. The van der Waals surface area contributed by atoms with Crippen LogP contribution in [0.2, 0.25) is 0 Å². The van der Waals surface area contributed by atoms with Crippen molar-refractivity contribution < 1.29 is 14.3 Å². The highest BCUT2D eigenvalue weighted by molar-refractivity contribution is 5.88. The number of hydrogen-bond donors (Lipinski definition) is 0. The van der Waals surface area contributed by atoms with Gasteiger partial charge in [-0.15, -0.1) is 0 Å². The lowest BCUT2D eigenvalue weighted by Gasteiger charge is -2.03. The van der Waals surface area contributed by atoms with E-state index in [-0.39, 0.29) is 0 Å². The summed E-state index contributed by atoms with van der Waals surface area (Å²) in [5.74, 6) is 5.33. The van der Waals surface area contributed by atoms with E-state index < -0.39 is 5.97 Å². The number of hydrogen-bond acceptors (Lipinski definition) is 3. The second-order valence-electron chi connectivity index (χ2n) is 3.11. The summed E-state index contributed by atoms with van der Waals surface area (Å²) in [5.41, 5.74) is 0.759. The van der Waals surface area contributed by atoms with Gasteiger partial charge >= 0.3 is 5.97 Å². The Hall–Kier alpha value is -1.95. The van der Waals surface area contributed by atoms with Gasteiger partial charge in [0.05, 0.1) is 13.7 Å². The summed E-state index contributed by atoms with van der Waals surface area (Å²) in [6.07, 6.45) is 0.976. The molecule has 0 aliphatic heterocycles. The van der Waals surface area contributed by atoms with E-state index in [9.17, 15) is 4.79 Å². The van der Waals surface area contributed by atoms with Crippen LogP contribution < -0.4 is 4.74 Å². The Morgan fingerprint density at radius 3 is 2.56 bits per heavy atom. The first-order chi connectivity index (χ1) is 7.76. The zero-order chi connectivity index (χ0) is 11.8. The van der Waals surface area contributed by atoms with Gasteiger partial charge in [-0.05, 0) is 30.7 Å². The highest BCUT2D eigenvalue weighted by Gasteiger charge is 1.93. The first-order valence-electron chi connectivity index (χ1n) is 5.09. The molecule has 0 unspecified atom stereocenters. The van der Waals surface area contributed by atoms with Crippen LogP contribution in [0.1, 0.15) is 18.9 Å². The molecule has 1 aromatic rings. The maximum Gasteiger partial charge on any atom is 0.384 e. The van der Waals surface area contributed by atoms with Gasteiger partial charge in [0.2, 0.25) is 0 Å². The third-order valence-corrected chi connectivity index (χ3v) is 1.82. The average Bonchev–Trinajstić information content (AvgIpc) is 2.34. The fourth-order valence-electron chi connectivity index (χ4n) is 1.03. The zero-order valence-electron chi connectivity index (χ0n) is 9.45. The van der Waals surface area contributed by atoms with Crippen molar-refractivity contribution in [3.63, 3.8) is 0 Å². The molecule has 1 rings (SSSR count). The molecule has 0 N–H and O–H groups in total. The van der Waals surface area contributed by atoms with Crippen molar-refractivity contribution in [2.45, 2.75) is 13.3 Å². The van der Waals surface area contributed by atoms with Gasteiger partial charge in [-0.3, -0.25) is 0 Å². The van der Waals surface area contributed by atoms with Crippen LogP contribution in [-0.2, 0) is 9.53 Å². The first kappa shape index (κ1) is 12.1. The van der Waals surface area contributed by atoms with Crippen LogP contribution in [0, 0.1) is 11.8 Å². The van der Waals surface area contributed by atoms with Crippen LogP contribution in [0.25, 0.3) is 0 Å². The van der Waals surface area contributed by atoms with Crippen molar-refractivity contribution in [3.05, 3.63) is 29.8 Å². The van der Waals surface area contributed by atoms with E-state index in [1.165, 1.54) is 7.11 Å². The van der Waals surface area contributed by atoms with Crippen molar-refractivity contribution in [2.24, 2.45) is 0 Å². The molecule has 0 amide bonds. The molecule has 16 heavy (non-hydrogen) atoms. The summed E-state index contributed by atoms with van der Waals surface area (Å²) in [5, 5.41) is 0. The fourth-order valence-corrected chi connectivity index (χ4v) is 1.03. The molecule has 0 atom stereocenters. The molecule has 0 fully saturated rings.